The van der Waals surface area contributed by atoms with Crippen LogP contribution in [0.4, 0.5) is 4.79 Å². The van der Waals surface area contributed by atoms with Crippen molar-refractivity contribution in [2.24, 2.45) is 5.92 Å². The van der Waals surface area contributed by atoms with Gasteiger partial charge in [-0.15, -0.1) is 0 Å². The molecule has 0 atom stereocenters. The summed E-state index contributed by atoms with van der Waals surface area (Å²) < 4.78 is 0. The number of nitrogens with zero attached hydrogens (tertiary/aromatic N) is 1. The van der Waals surface area contributed by atoms with Gasteiger partial charge in [0.1, 0.15) is 0 Å². The molecule has 0 saturated heterocycles. The molecule has 0 radical (unpaired) electrons. The Morgan fingerprint density at radius 2 is 1.73 bits per heavy atom. The molecule has 90 valence electrons. The summed E-state index contributed by atoms with van der Waals surface area (Å²) in [4.78, 5) is 13.8. The van der Waals surface area contributed by atoms with Crippen molar-refractivity contribution in [1.82, 2.24) is 10.2 Å². The van der Waals surface area contributed by atoms with Gasteiger partial charge in [0.05, 0.1) is 0 Å². The van der Waals surface area contributed by atoms with Gasteiger partial charge < -0.3 is 10.2 Å². The lowest BCUT2D eigenvalue weighted by atomic mass is 10.1. The largest absolute Gasteiger partial charge is 0.338 e. The van der Waals surface area contributed by atoms with Crippen LogP contribution in [0, 0.1) is 5.92 Å². The third-order valence-corrected chi connectivity index (χ3v) is 2.53. The van der Waals surface area contributed by atoms with Gasteiger partial charge in [0, 0.05) is 19.1 Å². The Balaban J connectivity index is 4.47. The summed E-state index contributed by atoms with van der Waals surface area (Å²) in [6, 6.07) is 0.457. The fraction of sp³-hybridized carbons (Fsp3) is 0.917. The zero-order chi connectivity index (χ0) is 11.8. The number of rotatable bonds is 6. The standard InChI is InChI=1S/C12H26N2O/c1-6-11(7-2)14(9-10(4)5)12(15)13-8-3/h10-11H,6-9H2,1-5H3,(H,13,15). The van der Waals surface area contributed by atoms with Crippen molar-refractivity contribution in [2.45, 2.75) is 53.5 Å². The summed E-state index contributed by atoms with van der Waals surface area (Å²) in [6.45, 7) is 12.1. The van der Waals surface area contributed by atoms with E-state index in [1.165, 1.54) is 0 Å². The number of amides is 2. The number of carbonyl (C=O) groups excluding carboxylic acids is 1. The average Bonchev–Trinajstić information content (AvgIpc) is 2.18. The minimum Gasteiger partial charge on any atom is -0.338 e. The number of hydrogen-bond donors (Lipinski definition) is 1. The topological polar surface area (TPSA) is 32.3 Å². The summed E-state index contributed by atoms with van der Waals surface area (Å²) in [5.74, 6) is 0.521. The molecule has 0 saturated carbocycles. The van der Waals surface area contributed by atoms with Crippen LogP contribution in [-0.2, 0) is 0 Å². The van der Waals surface area contributed by atoms with E-state index in [0.29, 0.717) is 18.5 Å². The van der Waals surface area contributed by atoms with E-state index in [1.807, 2.05) is 11.8 Å². The van der Waals surface area contributed by atoms with Crippen LogP contribution in [0.25, 0.3) is 0 Å². The Labute approximate surface area is 94.2 Å². The SMILES string of the molecule is CCNC(=O)N(CC(C)C)C(CC)CC. The molecule has 0 aliphatic heterocycles. The maximum absolute atomic E-state index is 11.9. The van der Waals surface area contributed by atoms with Crippen LogP contribution in [0.1, 0.15) is 47.5 Å². The Morgan fingerprint density at radius 3 is 2.07 bits per heavy atom. The Morgan fingerprint density at radius 1 is 1.20 bits per heavy atom. The summed E-state index contributed by atoms with van der Waals surface area (Å²) in [5, 5.41) is 2.89. The minimum atomic E-state index is 0.0832. The quantitative estimate of drug-likeness (QED) is 0.724. The Hall–Kier alpha value is -0.730. The highest BCUT2D eigenvalue weighted by molar-refractivity contribution is 5.74. The molecule has 0 aliphatic carbocycles. The molecule has 0 aromatic rings. The lowest BCUT2D eigenvalue weighted by Crippen LogP contribution is -2.47. The lowest BCUT2D eigenvalue weighted by Gasteiger charge is -2.32. The van der Waals surface area contributed by atoms with E-state index < -0.39 is 0 Å². The molecule has 0 unspecified atom stereocenters. The molecule has 15 heavy (non-hydrogen) atoms. The average molecular weight is 214 g/mol. The predicted molar refractivity (Wildman–Crippen MR) is 65.0 cm³/mol. The van der Waals surface area contributed by atoms with Crippen LogP contribution in [0.15, 0.2) is 0 Å². The van der Waals surface area contributed by atoms with E-state index in [0.717, 1.165) is 19.4 Å². The fourth-order valence-electron chi connectivity index (χ4n) is 1.77. The van der Waals surface area contributed by atoms with Crippen LogP contribution in [-0.4, -0.2) is 30.1 Å². The molecule has 1 N–H and O–H groups in total. The molecule has 0 aromatic heterocycles. The van der Waals surface area contributed by atoms with E-state index in [4.69, 9.17) is 0 Å². The van der Waals surface area contributed by atoms with Crippen molar-refractivity contribution < 1.29 is 4.79 Å². The Kier molecular flexibility index (Phi) is 7.18. The summed E-state index contributed by atoms with van der Waals surface area (Å²) >= 11 is 0. The predicted octanol–water partition coefficient (Wildman–Crippen LogP) is 2.86. The zero-order valence-electron chi connectivity index (χ0n) is 10.8. The molecule has 2 amide bonds. The molecule has 0 fully saturated rings. The highest BCUT2D eigenvalue weighted by Crippen LogP contribution is 2.11. The van der Waals surface area contributed by atoms with Gasteiger partial charge in [0.25, 0.3) is 0 Å². The molecule has 0 heterocycles. The van der Waals surface area contributed by atoms with Crippen LogP contribution < -0.4 is 5.32 Å². The summed E-state index contributed by atoms with van der Waals surface area (Å²) in [7, 11) is 0. The number of nitrogens with one attached hydrogen (secondary N) is 1. The molecule has 0 aromatic carbocycles. The summed E-state index contributed by atoms with van der Waals surface area (Å²) in [6.07, 6.45) is 2.06. The van der Waals surface area contributed by atoms with Crippen LogP contribution >= 0.6 is 0 Å². The molecular formula is C12H26N2O. The normalized spacial score (nSPS) is 10.9. The second kappa shape index (κ2) is 7.55. The lowest BCUT2D eigenvalue weighted by molar-refractivity contribution is 0.161. The first-order chi connectivity index (χ1) is 7.06. The van der Waals surface area contributed by atoms with Gasteiger partial charge in [0.2, 0.25) is 0 Å². The van der Waals surface area contributed by atoms with Gasteiger partial charge in [-0.2, -0.15) is 0 Å². The van der Waals surface area contributed by atoms with E-state index in [9.17, 15) is 4.79 Å². The first-order valence-electron chi connectivity index (χ1n) is 6.11. The van der Waals surface area contributed by atoms with Crippen molar-refractivity contribution >= 4 is 6.03 Å². The van der Waals surface area contributed by atoms with Crippen LogP contribution in [0.2, 0.25) is 0 Å². The van der Waals surface area contributed by atoms with Crippen molar-refractivity contribution in [1.29, 1.82) is 0 Å². The summed E-state index contributed by atoms with van der Waals surface area (Å²) in [5.41, 5.74) is 0. The fourth-order valence-corrected chi connectivity index (χ4v) is 1.77. The number of urea groups is 1. The molecule has 0 aliphatic rings. The second-order valence-electron chi connectivity index (χ2n) is 4.35. The van der Waals surface area contributed by atoms with Crippen molar-refractivity contribution in [3.63, 3.8) is 0 Å². The van der Waals surface area contributed by atoms with Crippen LogP contribution in [0.5, 0.6) is 0 Å². The zero-order valence-corrected chi connectivity index (χ0v) is 10.8. The maximum atomic E-state index is 11.9. The number of hydrogen-bond acceptors (Lipinski definition) is 1. The highest BCUT2D eigenvalue weighted by atomic mass is 16.2. The van der Waals surface area contributed by atoms with Crippen LogP contribution in [0.3, 0.4) is 0 Å². The molecule has 0 rings (SSSR count). The molecule has 0 bridgehead atoms. The van der Waals surface area contributed by atoms with Gasteiger partial charge in [0.15, 0.2) is 0 Å². The second-order valence-corrected chi connectivity index (χ2v) is 4.35. The van der Waals surface area contributed by atoms with E-state index in [-0.39, 0.29) is 6.03 Å². The Bertz CT molecular complexity index is 176. The van der Waals surface area contributed by atoms with E-state index >= 15 is 0 Å². The smallest absolute Gasteiger partial charge is 0.317 e. The van der Waals surface area contributed by atoms with E-state index in [2.05, 4.69) is 33.0 Å². The molecule has 3 heteroatoms. The van der Waals surface area contributed by atoms with Crippen molar-refractivity contribution in [3.8, 4) is 0 Å². The maximum Gasteiger partial charge on any atom is 0.317 e. The highest BCUT2D eigenvalue weighted by Gasteiger charge is 2.20. The first kappa shape index (κ1) is 14.3. The molecule has 3 nitrogen and oxygen atoms in total. The molecule has 0 spiro atoms. The monoisotopic (exact) mass is 214 g/mol. The van der Waals surface area contributed by atoms with Gasteiger partial charge in [-0.25, -0.2) is 4.79 Å². The minimum absolute atomic E-state index is 0.0832. The van der Waals surface area contributed by atoms with Gasteiger partial charge in [-0.3, -0.25) is 0 Å². The van der Waals surface area contributed by atoms with Gasteiger partial charge in [-0.1, -0.05) is 27.7 Å². The number of carbonyl (C=O) groups is 1. The van der Waals surface area contributed by atoms with Crippen molar-refractivity contribution in [3.05, 3.63) is 0 Å². The van der Waals surface area contributed by atoms with Gasteiger partial charge >= 0.3 is 6.03 Å². The first-order valence-corrected chi connectivity index (χ1v) is 6.11. The third kappa shape index (κ3) is 5.05. The van der Waals surface area contributed by atoms with Gasteiger partial charge in [-0.05, 0) is 25.7 Å². The van der Waals surface area contributed by atoms with Crippen molar-refractivity contribution in [2.75, 3.05) is 13.1 Å². The molecular weight excluding hydrogens is 188 g/mol. The van der Waals surface area contributed by atoms with E-state index in [1.54, 1.807) is 0 Å². The third-order valence-electron chi connectivity index (χ3n) is 2.53.